The van der Waals surface area contributed by atoms with Gasteiger partial charge in [-0.2, -0.15) is 0 Å². The van der Waals surface area contributed by atoms with E-state index in [0.717, 1.165) is 31.5 Å². The van der Waals surface area contributed by atoms with E-state index in [2.05, 4.69) is 0 Å². The van der Waals surface area contributed by atoms with Gasteiger partial charge in [0.15, 0.2) is 0 Å². The number of hydrogen-bond acceptors (Lipinski definition) is 4. The highest BCUT2D eigenvalue weighted by atomic mass is 32.2. The lowest BCUT2D eigenvalue weighted by atomic mass is 10.1. The number of rotatable bonds is 4. The molecule has 26 heavy (non-hydrogen) atoms. The van der Waals surface area contributed by atoms with Crippen molar-refractivity contribution in [3.8, 4) is 0 Å². The normalized spacial score (nSPS) is 20.0. The zero-order chi connectivity index (χ0) is 18.5. The van der Waals surface area contributed by atoms with E-state index in [1.807, 2.05) is 42.2 Å². The maximum Gasteiger partial charge on any atom is 0.266 e. The summed E-state index contributed by atoms with van der Waals surface area (Å²) in [6, 6.07) is 8.02. The zero-order valence-corrected chi connectivity index (χ0v) is 16.7. The summed E-state index contributed by atoms with van der Waals surface area (Å²) in [6.45, 7) is 4.07. The number of amides is 2. The fourth-order valence-electron chi connectivity index (χ4n) is 3.19. The molecule has 2 amide bonds. The Morgan fingerprint density at radius 2 is 1.81 bits per heavy atom. The Morgan fingerprint density at radius 3 is 2.46 bits per heavy atom. The average molecular weight is 389 g/mol. The number of likely N-dealkylation sites (tertiary alicyclic amines) is 1. The van der Waals surface area contributed by atoms with Gasteiger partial charge >= 0.3 is 0 Å². The van der Waals surface area contributed by atoms with E-state index in [9.17, 15) is 9.59 Å². The lowest BCUT2D eigenvalue weighted by Crippen LogP contribution is -2.36. The first-order chi connectivity index (χ1) is 12.5. The first-order valence-corrected chi connectivity index (χ1v) is 10.4. The van der Waals surface area contributed by atoms with Gasteiger partial charge < -0.3 is 4.90 Å². The molecule has 0 N–H and O–H groups in total. The number of benzene rings is 1. The first-order valence-electron chi connectivity index (χ1n) is 9.14. The smallest absolute Gasteiger partial charge is 0.266 e. The molecule has 2 aliphatic rings. The summed E-state index contributed by atoms with van der Waals surface area (Å²) in [5.41, 5.74) is 2.17. The summed E-state index contributed by atoms with van der Waals surface area (Å²) >= 11 is 6.68. The van der Waals surface area contributed by atoms with Crippen molar-refractivity contribution in [2.75, 3.05) is 19.6 Å². The van der Waals surface area contributed by atoms with E-state index >= 15 is 0 Å². The van der Waals surface area contributed by atoms with Gasteiger partial charge in [-0.25, -0.2) is 0 Å². The molecule has 2 aliphatic heterocycles. The second-order valence-electron chi connectivity index (χ2n) is 6.79. The summed E-state index contributed by atoms with van der Waals surface area (Å²) in [4.78, 5) is 29.2. The van der Waals surface area contributed by atoms with Gasteiger partial charge in [0, 0.05) is 26.1 Å². The molecule has 4 nitrogen and oxygen atoms in total. The third kappa shape index (κ3) is 4.74. The standard InChI is InChI=1S/C20H24N2O2S2/c1-15-6-8-16(9-7-15)14-17-19(24)22(20(25)26-17)13-10-18(23)21-11-4-2-3-5-12-21/h6-9,14H,2-5,10-13H2,1H3. The summed E-state index contributed by atoms with van der Waals surface area (Å²) < 4.78 is 0.539. The number of hydrogen-bond donors (Lipinski definition) is 0. The maximum absolute atomic E-state index is 12.7. The Morgan fingerprint density at radius 1 is 1.15 bits per heavy atom. The maximum atomic E-state index is 12.7. The van der Waals surface area contributed by atoms with Crippen LogP contribution in [0.15, 0.2) is 29.2 Å². The molecule has 2 heterocycles. The van der Waals surface area contributed by atoms with E-state index in [0.29, 0.717) is 22.2 Å². The van der Waals surface area contributed by atoms with E-state index in [4.69, 9.17) is 12.2 Å². The molecule has 138 valence electrons. The summed E-state index contributed by atoms with van der Waals surface area (Å²) in [5, 5.41) is 0. The molecule has 0 saturated carbocycles. The van der Waals surface area contributed by atoms with Crippen molar-refractivity contribution < 1.29 is 9.59 Å². The molecule has 0 aromatic heterocycles. The molecule has 1 aromatic carbocycles. The van der Waals surface area contributed by atoms with Crippen molar-refractivity contribution in [1.82, 2.24) is 9.80 Å². The predicted octanol–water partition coefficient (Wildman–Crippen LogP) is 3.99. The van der Waals surface area contributed by atoms with Crippen molar-refractivity contribution in [1.29, 1.82) is 0 Å². The Labute approximate surface area is 164 Å². The number of thiocarbonyl (C=S) groups is 1. The molecule has 0 atom stereocenters. The molecule has 0 radical (unpaired) electrons. The fraction of sp³-hybridized carbons (Fsp3) is 0.450. The van der Waals surface area contributed by atoms with Crippen LogP contribution in [0.25, 0.3) is 6.08 Å². The molecule has 3 rings (SSSR count). The van der Waals surface area contributed by atoms with E-state index in [1.54, 1.807) is 4.90 Å². The van der Waals surface area contributed by atoms with Gasteiger partial charge in [-0.1, -0.05) is 66.7 Å². The topological polar surface area (TPSA) is 40.6 Å². The summed E-state index contributed by atoms with van der Waals surface area (Å²) in [6.07, 6.45) is 6.75. The minimum atomic E-state index is -0.0933. The van der Waals surface area contributed by atoms with Crippen LogP contribution in [0, 0.1) is 6.92 Å². The Balaban J connectivity index is 1.60. The van der Waals surface area contributed by atoms with Gasteiger partial charge in [0.25, 0.3) is 5.91 Å². The average Bonchev–Trinajstić information content (AvgIpc) is 2.83. The Bertz CT molecular complexity index is 720. The van der Waals surface area contributed by atoms with Crippen LogP contribution in [0.5, 0.6) is 0 Å². The lowest BCUT2D eigenvalue weighted by molar-refractivity contribution is -0.131. The number of carbonyl (C=O) groups is 2. The van der Waals surface area contributed by atoms with Crippen molar-refractivity contribution in [3.05, 3.63) is 40.3 Å². The molecular formula is C20H24N2O2S2. The van der Waals surface area contributed by atoms with E-state index < -0.39 is 0 Å². The second kappa shape index (κ2) is 8.82. The van der Waals surface area contributed by atoms with Crippen LogP contribution < -0.4 is 0 Å². The highest BCUT2D eigenvalue weighted by molar-refractivity contribution is 8.26. The third-order valence-corrected chi connectivity index (χ3v) is 6.13. The Hall–Kier alpha value is -1.66. The Kier molecular flexibility index (Phi) is 6.48. The zero-order valence-electron chi connectivity index (χ0n) is 15.1. The fourth-order valence-corrected chi connectivity index (χ4v) is 4.50. The minimum Gasteiger partial charge on any atom is -0.343 e. The molecule has 6 heteroatoms. The molecule has 1 aromatic rings. The number of carbonyl (C=O) groups excluding carboxylic acids is 2. The van der Waals surface area contributed by atoms with Crippen LogP contribution in [0.2, 0.25) is 0 Å². The largest absolute Gasteiger partial charge is 0.343 e. The summed E-state index contributed by atoms with van der Waals surface area (Å²) in [7, 11) is 0. The van der Waals surface area contributed by atoms with Crippen LogP contribution in [0.3, 0.4) is 0 Å². The van der Waals surface area contributed by atoms with Crippen LogP contribution in [-0.2, 0) is 9.59 Å². The molecule has 2 fully saturated rings. The van der Waals surface area contributed by atoms with Crippen LogP contribution >= 0.6 is 24.0 Å². The van der Waals surface area contributed by atoms with Crippen LogP contribution in [0.1, 0.15) is 43.2 Å². The number of aryl methyl sites for hydroxylation is 1. The predicted molar refractivity (Wildman–Crippen MR) is 111 cm³/mol. The lowest BCUT2D eigenvalue weighted by Gasteiger charge is -2.22. The summed E-state index contributed by atoms with van der Waals surface area (Å²) in [5.74, 6) is 0.0349. The number of thioether (sulfide) groups is 1. The molecular weight excluding hydrogens is 364 g/mol. The third-order valence-electron chi connectivity index (χ3n) is 4.76. The van der Waals surface area contributed by atoms with Crippen LogP contribution in [0.4, 0.5) is 0 Å². The molecule has 0 aliphatic carbocycles. The van der Waals surface area contributed by atoms with Gasteiger partial charge in [0.2, 0.25) is 5.91 Å². The van der Waals surface area contributed by atoms with E-state index in [1.165, 1.54) is 30.2 Å². The minimum absolute atomic E-state index is 0.0933. The first kappa shape index (κ1) is 19.1. The molecule has 0 unspecified atom stereocenters. The molecule has 0 spiro atoms. The van der Waals surface area contributed by atoms with Crippen LogP contribution in [-0.4, -0.2) is 45.6 Å². The second-order valence-corrected chi connectivity index (χ2v) is 8.46. The van der Waals surface area contributed by atoms with Gasteiger partial charge in [0.05, 0.1) is 4.91 Å². The molecule has 0 bridgehead atoms. The SMILES string of the molecule is Cc1ccc(C=C2SC(=S)N(CCC(=O)N3CCCCCC3)C2=O)cc1. The van der Waals surface area contributed by atoms with Crippen molar-refractivity contribution in [2.45, 2.75) is 39.0 Å². The monoisotopic (exact) mass is 388 g/mol. The highest BCUT2D eigenvalue weighted by Crippen LogP contribution is 2.32. The van der Waals surface area contributed by atoms with Gasteiger partial charge in [-0.05, 0) is 31.4 Å². The van der Waals surface area contributed by atoms with Crippen molar-refractivity contribution in [3.63, 3.8) is 0 Å². The number of nitrogens with zero attached hydrogens (tertiary/aromatic N) is 2. The van der Waals surface area contributed by atoms with Crippen molar-refractivity contribution in [2.24, 2.45) is 0 Å². The van der Waals surface area contributed by atoms with Gasteiger partial charge in [-0.3, -0.25) is 14.5 Å². The van der Waals surface area contributed by atoms with E-state index in [-0.39, 0.29) is 11.8 Å². The van der Waals surface area contributed by atoms with Gasteiger partial charge in [0.1, 0.15) is 4.32 Å². The quantitative estimate of drug-likeness (QED) is 0.578. The van der Waals surface area contributed by atoms with Crippen molar-refractivity contribution >= 4 is 46.2 Å². The highest BCUT2D eigenvalue weighted by Gasteiger charge is 2.32. The van der Waals surface area contributed by atoms with Gasteiger partial charge in [-0.15, -0.1) is 0 Å². The molecule has 2 saturated heterocycles.